The van der Waals surface area contributed by atoms with Crippen LogP contribution >= 0.6 is 30.8 Å². The molecule has 0 aliphatic heterocycles. The van der Waals surface area contributed by atoms with Crippen molar-refractivity contribution in [1.29, 1.82) is 0 Å². The molecule has 2 rings (SSSR count). The van der Waals surface area contributed by atoms with Crippen LogP contribution in [-0.4, -0.2) is 25.4 Å². The van der Waals surface area contributed by atoms with Crippen LogP contribution in [0.2, 0.25) is 10.0 Å². The molecule has 0 aliphatic rings. The third kappa shape index (κ3) is 6.89. The molecule has 0 saturated heterocycles. The van der Waals surface area contributed by atoms with Gasteiger partial charge in [-0.1, -0.05) is 23.2 Å². The molecule has 0 aromatic heterocycles. The molecule has 0 spiro atoms. The van der Waals surface area contributed by atoms with E-state index in [9.17, 15) is 9.36 Å². The summed E-state index contributed by atoms with van der Waals surface area (Å²) in [7, 11) is -3.67. The Labute approximate surface area is 161 Å². The van der Waals surface area contributed by atoms with E-state index >= 15 is 0 Å². The van der Waals surface area contributed by atoms with Gasteiger partial charge >= 0.3 is 13.6 Å². The maximum absolute atomic E-state index is 13.1. The van der Waals surface area contributed by atoms with Crippen molar-refractivity contribution in [3.8, 4) is 11.5 Å². The highest BCUT2D eigenvalue weighted by Gasteiger charge is 2.28. The summed E-state index contributed by atoms with van der Waals surface area (Å²) < 4.78 is 29.1. The van der Waals surface area contributed by atoms with Gasteiger partial charge in [-0.05, 0) is 55.5 Å². The van der Waals surface area contributed by atoms with E-state index in [1.165, 1.54) is 0 Å². The lowest BCUT2D eigenvalue weighted by molar-refractivity contribution is -0.141. The van der Waals surface area contributed by atoms with Crippen molar-refractivity contribution >= 4 is 36.8 Å². The fourth-order valence-corrected chi connectivity index (χ4v) is 3.59. The number of esters is 1. The molecule has 0 fully saturated rings. The van der Waals surface area contributed by atoms with Gasteiger partial charge in [0, 0.05) is 10.0 Å². The molecule has 0 heterocycles. The molecule has 140 valence electrons. The number of hydrogen-bond acceptors (Lipinski definition) is 6. The molecule has 0 unspecified atom stereocenters. The normalized spacial score (nSPS) is 11.0. The summed E-state index contributed by atoms with van der Waals surface area (Å²) in [5, 5.41) is 3.77. The number of carbonyl (C=O) groups is 1. The van der Waals surface area contributed by atoms with Crippen molar-refractivity contribution in [3.63, 3.8) is 0 Å². The molecular formula is C17H18Cl2NO5P. The molecule has 6 nitrogen and oxygen atoms in total. The maximum atomic E-state index is 13.1. The number of carbonyl (C=O) groups excluding carboxylic acids is 1. The number of nitrogens with one attached hydrogen (secondary N) is 1. The highest BCUT2D eigenvalue weighted by Crippen LogP contribution is 2.47. The van der Waals surface area contributed by atoms with E-state index in [4.69, 9.17) is 37.0 Å². The number of ether oxygens (including phenoxy) is 1. The van der Waals surface area contributed by atoms with Gasteiger partial charge in [-0.3, -0.25) is 10.1 Å². The molecule has 1 N–H and O–H groups in total. The zero-order valence-corrected chi connectivity index (χ0v) is 16.4. The zero-order valence-electron chi connectivity index (χ0n) is 14.0. The van der Waals surface area contributed by atoms with Gasteiger partial charge in [0.15, 0.2) is 0 Å². The third-order valence-electron chi connectivity index (χ3n) is 3.00. The summed E-state index contributed by atoms with van der Waals surface area (Å²) in [4.78, 5) is 11.4. The van der Waals surface area contributed by atoms with Gasteiger partial charge in [-0.2, -0.15) is 0 Å². The molecule has 0 aliphatic carbocycles. The Morgan fingerprint density at radius 1 is 0.962 bits per heavy atom. The lowest BCUT2D eigenvalue weighted by Gasteiger charge is -2.20. The lowest BCUT2D eigenvalue weighted by atomic mass is 10.3. The minimum Gasteiger partial charge on any atom is -0.465 e. The number of benzene rings is 2. The van der Waals surface area contributed by atoms with Crippen LogP contribution in [-0.2, 0) is 14.1 Å². The van der Waals surface area contributed by atoms with Crippen LogP contribution in [0.15, 0.2) is 48.5 Å². The molecular weight excluding hydrogens is 400 g/mol. The van der Waals surface area contributed by atoms with Crippen LogP contribution in [0, 0.1) is 0 Å². The highest BCUT2D eigenvalue weighted by molar-refractivity contribution is 7.54. The molecule has 0 radical (unpaired) electrons. The minimum absolute atomic E-state index is 0.119. The van der Waals surface area contributed by atoms with E-state index in [0.29, 0.717) is 21.5 Å². The quantitative estimate of drug-likeness (QED) is 0.468. The van der Waals surface area contributed by atoms with Crippen LogP contribution in [0.25, 0.3) is 0 Å². The van der Waals surface area contributed by atoms with Crippen molar-refractivity contribution in [2.75, 3.05) is 19.4 Å². The number of rotatable bonds is 9. The SMILES string of the molecule is CCOC(=O)CNCP(=O)(Oc1ccc(Cl)cc1)Oc1ccc(Cl)cc1. The molecule has 0 saturated carbocycles. The van der Waals surface area contributed by atoms with Crippen molar-refractivity contribution in [2.45, 2.75) is 6.92 Å². The van der Waals surface area contributed by atoms with Gasteiger partial charge in [-0.15, -0.1) is 0 Å². The molecule has 2 aromatic rings. The summed E-state index contributed by atoms with van der Waals surface area (Å²) in [6, 6.07) is 12.7. The Hall–Kier alpha value is -1.72. The highest BCUT2D eigenvalue weighted by atomic mass is 35.5. The molecule has 26 heavy (non-hydrogen) atoms. The van der Waals surface area contributed by atoms with Crippen molar-refractivity contribution in [1.82, 2.24) is 5.32 Å². The Kier molecular flexibility index (Phi) is 7.79. The largest absolute Gasteiger partial charge is 0.465 e. The first-order chi connectivity index (χ1) is 12.4. The molecule has 2 aromatic carbocycles. The molecule has 0 amide bonds. The zero-order chi connectivity index (χ0) is 19.0. The fourth-order valence-electron chi connectivity index (χ4n) is 1.90. The Balaban J connectivity index is 2.10. The van der Waals surface area contributed by atoms with Crippen LogP contribution in [0.4, 0.5) is 0 Å². The standard InChI is InChI=1S/C17H18Cl2NO5P/c1-2-23-17(21)11-20-12-26(22,24-15-7-3-13(18)4-8-15)25-16-9-5-14(19)6-10-16/h3-10,20H,2,11-12H2,1H3. The van der Waals surface area contributed by atoms with Gasteiger partial charge < -0.3 is 13.8 Å². The minimum atomic E-state index is -3.67. The number of halogens is 2. The van der Waals surface area contributed by atoms with Gasteiger partial charge in [-0.25, -0.2) is 4.57 Å². The first-order valence-corrected chi connectivity index (χ1v) is 10.2. The number of hydrogen-bond donors (Lipinski definition) is 1. The average Bonchev–Trinajstić information content (AvgIpc) is 2.59. The lowest BCUT2D eigenvalue weighted by Crippen LogP contribution is -2.27. The summed E-state index contributed by atoms with van der Waals surface area (Å²) >= 11 is 11.7. The van der Waals surface area contributed by atoms with E-state index < -0.39 is 13.6 Å². The topological polar surface area (TPSA) is 73.9 Å². The molecule has 0 atom stereocenters. The van der Waals surface area contributed by atoms with E-state index in [0.717, 1.165) is 0 Å². The predicted molar refractivity (Wildman–Crippen MR) is 101 cm³/mol. The second-order valence-corrected chi connectivity index (χ2v) is 7.87. The van der Waals surface area contributed by atoms with Crippen molar-refractivity contribution in [3.05, 3.63) is 58.6 Å². The van der Waals surface area contributed by atoms with Crippen LogP contribution in [0.3, 0.4) is 0 Å². The van der Waals surface area contributed by atoms with Gasteiger partial charge in [0.05, 0.1) is 13.2 Å². The van der Waals surface area contributed by atoms with Crippen molar-refractivity contribution < 1.29 is 23.1 Å². The monoisotopic (exact) mass is 417 g/mol. The van der Waals surface area contributed by atoms with E-state index in [1.807, 2.05) is 0 Å². The Morgan fingerprint density at radius 3 is 1.85 bits per heavy atom. The summed E-state index contributed by atoms with van der Waals surface area (Å²) in [5.41, 5.74) is 0. The van der Waals surface area contributed by atoms with Gasteiger partial charge in [0.25, 0.3) is 0 Å². The van der Waals surface area contributed by atoms with Gasteiger partial charge in [0.1, 0.15) is 17.8 Å². The Morgan fingerprint density at radius 2 is 1.42 bits per heavy atom. The molecule has 9 heteroatoms. The van der Waals surface area contributed by atoms with E-state index in [1.54, 1.807) is 55.5 Å². The van der Waals surface area contributed by atoms with Crippen LogP contribution < -0.4 is 14.4 Å². The summed E-state index contributed by atoms with van der Waals surface area (Å²) in [6.45, 7) is 1.85. The summed E-state index contributed by atoms with van der Waals surface area (Å²) in [6.07, 6.45) is -0.197. The predicted octanol–water partition coefficient (Wildman–Crippen LogP) is 4.75. The van der Waals surface area contributed by atoms with E-state index in [2.05, 4.69) is 5.32 Å². The van der Waals surface area contributed by atoms with Crippen LogP contribution in [0.1, 0.15) is 6.92 Å². The summed E-state index contributed by atoms with van der Waals surface area (Å²) in [5.74, 6) is 0.186. The Bertz CT molecular complexity index is 716. The van der Waals surface area contributed by atoms with Gasteiger partial charge in [0.2, 0.25) is 0 Å². The smallest absolute Gasteiger partial charge is 0.444 e. The van der Waals surface area contributed by atoms with E-state index in [-0.39, 0.29) is 19.4 Å². The fraction of sp³-hybridized carbons (Fsp3) is 0.235. The van der Waals surface area contributed by atoms with Crippen LogP contribution in [0.5, 0.6) is 11.5 Å². The average molecular weight is 418 g/mol. The molecule has 0 bridgehead atoms. The third-order valence-corrected chi connectivity index (χ3v) is 5.09. The second kappa shape index (κ2) is 9.83. The second-order valence-electron chi connectivity index (χ2n) is 5.09. The van der Waals surface area contributed by atoms with Crippen molar-refractivity contribution in [2.24, 2.45) is 0 Å². The first kappa shape index (κ1) is 20.6. The maximum Gasteiger partial charge on any atom is 0.444 e. The first-order valence-electron chi connectivity index (χ1n) is 7.76.